The number of rotatable bonds is 4. The van der Waals surface area contributed by atoms with Crippen LogP contribution in [0.4, 0.5) is 11.9 Å². The highest BCUT2D eigenvalue weighted by Gasteiger charge is 2.13. The molecule has 0 spiro atoms. The first kappa shape index (κ1) is 17.6. The Bertz CT molecular complexity index is 1390. The number of carbonyl (C=O) groups is 2. The van der Waals surface area contributed by atoms with Gasteiger partial charge in [0.2, 0.25) is 11.9 Å². The van der Waals surface area contributed by atoms with Gasteiger partial charge in [-0.15, -0.1) is 0 Å². The summed E-state index contributed by atoms with van der Waals surface area (Å²) in [5, 5.41) is 7.25. The molecule has 0 unspecified atom stereocenters. The Balaban J connectivity index is 1.36. The van der Waals surface area contributed by atoms with Crippen LogP contribution in [-0.4, -0.2) is 36.7 Å². The molecule has 5 aromatic rings. The van der Waals surface area contributed by atoms with E-state index < -0.39 is 0 Å². The number of anilines is 2. The first-order chi connectivity index (χ1) is 14.7. The van der Waals surface area contributed by atoms with Gasteiger partial charge in [0, 0.05) is 29.5 Å². The molecular weight excluding hydrogens is 382 g/mol. The van der Waals surface area contributed by atoms with Gasteiger partial charge in [-0.05, 0) is 29.7 Å². The normalized spacial score (nSPS) is 10.9. The molecule has 3 aromatic heterocycles. The van der Waals surface area contributed by atoms with Crippen LogP contribution < -0.4 is 10.6 Å². The number of aromatic nitrogens is 5. The first-order valence-electron chi connectivity index (χ1n) is 9.12. The number of hydrogen-bond donors (Lipinski definition) is 4. The molecule has 0 radical (unpaired) electrons. The highest BCUT2D eigenvalue weighted by molar-refractivity contribution is 6.06. The molecule has 0 saturated carbocycles. The molecule has 0 atom stereocenters. The van der Waals surface area contributed by atoms with Crippen molar-refractivity contribution in [3.63, 3.8) is 0 Å². The van der Waals surface area contributed by atoms with Gasteiger partial charge < -0.3 is 9.97 Å². The van der Waals surface area contributed by atoms with Gasteiger partial charge in [0.05, 0.1) is 11.0 Å². The van der Waals surface area contributed by atoms with E-state index in [0.717, 1.165) is 10.8 Å². The predicted molar refractivity (Wildman–Crippen MR) is 112 cm³/mol. The third-order valence-electron chi connectivity index (χ3n) is 4.57. The summed E-state index contributed by atoms with van der Waals surface area (Å²) >= 11 is 0. The van der Waals surface area contributed by atoms with Crippen molar-refractivity contribution in [2.45, 2.75) is 0 Å². The molecule has 0 aliphatic heterocycles. The number of aromatic amines is 2. The summed E-state index contributed by atoms with van der Waals surface area (Å²) in [4.78, 5) is 43.3. The number of imidazole rings is 2. The number of fused-ring (bicyclic) bond motifs is 2. The van der Waals surface area contributed by atoms with Crippen LogP contribution in [0.1, 0.15) is 20.8 Å². The zero-order valence-electron chi connectivity index (χ0n) is 15.5. The van der Waals surface area contributed by atoms with Gasteiger partial charge in [0.15, 0.2) is 0 Å². The molecule has 3 heterocycles. The molecule has 0 saturated heterocycles. The van der Waals surface area contributed by atoms with Crippen LogP contribution in [0.25, 0.3) is 21.8 Å². The zero-order valence-corrected chi connectivity index (χ0v) is 15.5. The lowest BCUT2D eigenvalue weighted by Crippen LogP contribution is -2.14. The maximum atomic E-state index is 12.6. The lowest BCUT2D eigenvalue weighted by Gasteiger charge is -2.03. The Labute approximate surface area is 169 Å². The summed E-state index contributed by atoms with van der Waals surface area (Å²) in [5.41, 5.74) is 1.93. The predicted octanol–water partition coefficient (Wildman–Crippen LogP) is 3.34. The van der Waals surface area contributed by atoms with E-state index in [2.05, 4.69) is 35.6 Å². The fraction of sp³-hybridized carbons (Fsp3) is 0. The van der Waals surface area contributed by atoms with Crippen molar-refractivity contribution in [3.8, 4) is 0 Å². The lowest BCUT2D eigenvalue weighted by atomic mass is 10.1. The fourth-order valence-electron chi connectivity index (χ4n) is 3.10. The molecule has 9 heteroatoms. The molecule has 0 aliphatic rings. The van der Waals surface area contributed by atoms with Crippen molar-refractivity contribution in [2.75, 3.05) is 10.6 Å². The number of pyridine rings is 1. The van der Waals surface area contributed by atoms with Crippen LogP contribution in [0.15, 0.2) is 67.1 Å². The number of nitrogens with one attached hydrogen (secondary N) is 4. The molecule has 2 aromatic carbocycles. The van der Waals surface area contributed by atoms with Crippen LogP contribution in [-0.2, 0) is 0 Å². The second-order valence-corrected chi connectivity index (χ2v) is 6.58. The standard InChI is InChI=1S/C21H15N7O2/c29-18(27-20-22-7-8-23-20)13-5-6-15-16(10-13)26-21(25-15)28-19(30)17-9-12-3-1-2-4-14(12)11-24-17/h1-11H,(H2,22,23,27,29)(H2,25,26,28,30). The number of hydrogen-bond acceptors (Lipinski definition) is 5. The molecule has 0 fully saturated rings. The minimum absolute atomic E-state index is 0.272. The van der Waals surface area contributed by atoms with E-state index in [1.807, 2.05) is 24.3 Å². The lowest BCUT2D eigenvalue weighted by molar-refractivity contribution is 0.101. The van der Waals surface area contributed by atoms with Gasteiger partial charge in [-0.3, -0.25) is 25.2 Å². The number of benzene rings is 2. The van der Waals surface area contributed by atoms with Crippen molar-refractivity contribution in [1.29, 1.82) is 0 Å². The SMILES string of the molecule is O=C(Nc1ncc[nH]1)c1ccc2[nH]c(NC(=O)c3cc4ccccc4cn3)nc2c1. The van der Waals surface area contributed by atoms with Crippen molar-refractivity contribution < 1.29 is 9.59 Å². The third kappa shape index (κ3) is 3.35. The van der Waals surface area contributed by atoms with Gasteiger partial charge in [-0.1, -0.05) is 24.3 Å². The minimum atomic E-state index is -0.379. The van der Waals surface area contributed by atoms with Gasteiger partial charge in [0.1, 0.15) is 5.69 Å². The topological polar surface area (TPSA) is 128 Å². The van der Waals surface area contributed by atoms with E-state index >= 15 is 0 Å². The number of nitrogens with zero attached hydrogens (tertiary/aromatic N) is 3. The van der Waals surface area contributed by atoms with E-state index in [9.17, 15) is 9.59 Å². The van der Waals surface area contributed by atoms with Gasteiger partial charge in [0.25, 0.3) is 11.8 Å². The summed E-state index contributed by atoms with van der Waals surface area (Å²) in [6, 6.07) is 14.4. The smallest absolute Gasteiger partial charge is 0.276 e. The van der Waals surface area contributed by atoms with E-state index in [1.165, 1.54) is 0 Å². The first-order valence-corrected chi connectivity index (χ1v) is 9.12. The highest BCUT2D eigenvalue weighted by atomic mass is 16.2. The van der Waals surface area contributed by atoms with Gasteiger partial charge >= 0.3 is 0 Å². The van der Waals surface area contributed by atoms with E-state index in [1.54, 1.807) is 42.9 Å². The summed E-state index contributed by atoms with van der Waals surface area (Å²) in [6.07, 6.45) is 4.82. The largest absolute Gasteiger partial charge is 0.331 e. The summed E-state index contributed by atoms with van der Waals surface area (Å²) in [7, 11) is 0. The number of amides is 2. The second-order valence-electron chi connectivity index (χ2n) is 6.58. The molecule has 5 rings (SSSR count). The Kier molecular flexibility index (Phi) is 4.18. The molecule has 2 amide bonds. The average molecular weight is 397 g/mol. The molecule has 4 N–H and O–H groups in total. The fourth-order valence-corrected chi connectivity index (χ4v) is 3.10. The molecule has 0 bridgehead atoms. The Morgan fingerprint density at radius 3 is 2.53 bits per heavy atom. The number of carbonyl (C=O) groups excluding carboxylic acids is 2. The maximum absolute atomic E-state index is 12.6. The quantitative estimate of drug-likeness (QED) is 0.370. The van der Waals surface area contributed by atoms with E-state index in [-0.39, 0.29) is 23.5 Å². The molecular formula is C21H15N7O2. The summed E-state index contributed by atoms with van der Waals surface area (Å²) in [6.45, 7) is 0. The Hall–Kier alpha value is -4.53. The minimum Gasteiger partial charge on any atom is -0.331 e. The molecule has 146 valence electrons. The van der Waals surface area contributed by atoms with E-state index in [4.69, 9.17) is 0 Å². The molecule has 9 nitrogen and oxygen atoms in total. The maximum Gasteiger partial charge on any atom is 0.276 e. The highest BCUT2D eigenvalue weighted by Crippen LogP contribution is 2.18. The van der Waals surface area contributed by atoms with Gasteiger partial charge in [-0.25, -0.2) is 9.97 Å². The van der Waals surface area contributed by atoms with Crippen molar-refractivity contribution in [2.24, 2.45) is 0 Å². The van der Waals surface area contributed by atoms with E-state index in [0.29, 0.717) is 22.5 Å². The second kappa shape index (κ2) is 7.13. The monoisotopic (exact) mass is 397 g/mol. The number of H-pyrrole nitrogens is 2. The summed E-state index contributed by atoms with van der Waals surface area (Å²) < 4.78 is 0. The molecule has 0 aliphatic carbocycles. The van der Waals surface area contributed by atoms with Crippen molar-refractivity contribution in [3.05, 3.63) is 78.4 Å². The Morgan fingerprint density at radius 1 is 0.867 bits per heavy atom. The average Bonchev–Trinajstić information content (AvgIpc) is 3.41. The van der Waals surface area contributed by atoms with Crippen LogP contribution in [0, 0.1) is 0 Å². The van der Waals surface area contributed by atoms with Crippen molar-refractivity contribution in [1.82, 2.24) is 24.9 Å². The van der Waals surface area contributed by atoms with Crippen LogP contribution in [0.2, 0.25) is 0 Å². The third-order valence-corrected chi connectivity index (χ3v) is 4.57. The summed E-state index contributed by atoms with van der Waals surface area (Å²) in [5.74, 6) is -0.0668. The van der Waals surface area contributed by atoms with Crippen LogP contribution >= 0.6 is 0 Å². The Morgan fingerprint density at radius 2 is 1.70 bits per heavy atom. The zero-order chi connectivity index (χ0) is 20.5. The van der Waals surface area contributed by atoms with Crippen LogP contribution in [0.3, 0.4) is 0 Å². The van der Waals surface area contributed by atoms with Gasteiger partial charge in [-0.2, -0.15) is 0 Å². The van der Waals surface area contributed by atoms with Crippen molar-refractivity contribution >= 4 is 45.5 Å². The van der Waals surface area contributed by atoms with Crippen LogP contribution in [0.5, 0.6) is 0 Å². The molecule has 30 heavy (non-hydrogen) atoms.